The fourth-order valence-corrected chi connectivity index (χ4v) is 2.51. The Morgan fingerprint density at radius 2 is 2.16 bits per heavy atom. The quantitative estimate of drug-likeness (QED) is 0.712. The molecule has 4 heteroatoms. The van der Waals surface area contributed by atoms with Gasteiger partial charge in [0.1, 0.15) is 0 Å². The molecule has 1 fully saturated rings. The topological polar surface area (TPSA) is 75.3 Å². The summed E-state index contributed by atoms with van der Waals surface area (Å²) in [5, 5.41) is 12.2. The largest absolute Gasteiger partial charge is 0.478 e. The molecule has 4 N–H and O–H groups in total. The summed E-state index contributed by atoms with van der Waals surface area (Å²) in [6.45, 7) is 5.39. The molecule has 0 saturated heterocycles. The Kier molecular flexibility index (Phi) is 3.69. The maximum atomic E-state index is 10.8. The minimum atomic E-state index is -0.951. The Morgan fingerprint density at radius 1 is 1.47 bits per heavy atom. The lowest BCUT2D eigenvalue weighted by Gasteiger charge is -2.40. The standard InChI is InChI=1S/C15H22N2O2/c1-15(2,11-4-3-5-11)9-17-13-7-6-10(14(18)19)8-12(13)16/h6-8,11,17H,3-5,9,16H2,1-2H3,(H,18,19). The summed E-state index contributed by atoms with van der Waals surface area (Å²) < 4.78 is 0. The van der Waals surface area contributed by atoms with Crippen LogP contribution in [0, 0.1) is 11.3 Å². The average molecular weight is 262 g/mol. The first-order chi connectivity index (χ1) is 8.90. The third-order valence-electron chi connectivity index (χ3n) is 4.24. The van der Waals surface area contributed by atoms with E-state index in [1.807, 2.05) is 0 Å². The molecule has 0 heterocycles. The molecule has 1 aliphatic carbocycles. The van der Waals surface area contributed by atoms with Gasteiger partial charge in [0.05, 0.1) is 16.9 Å². The zero-order chi connectivity index (χ0) is 14.0. The lowest BCUT2D eigenvalue weighted by Crippen LogP contribution is -2.35. The number of anilines is 2. The molecule has 0 spiro atoms. The van der Waals surface area contributed by atoms with E-state index in [0.717, 1.165) is 18.2 Å². The van der Waals surface area contributed by atoms with Gasteiger partial charge in [0.2, 0.25) is 0 Å². The Morgan fingerprint density at radius 3 is 2.63 bits per heavy atom. The highest BCUT2D eigenvalue weighted by Gasteiger charge is 2.33. The maximum absolute atomic E-state index is 10.8. The van der Waals surface area contributed by atoms with E-state index in [1.165, 1.54) is 25.3 Å². The van der Waals surface area contributed by atoms with E-state index >= 15 is 0 Å². The van der Waals surface area contributed by atoms with Gasteiger partial charge in [-0.05, 0) is 42.4 Å². The van der Waals surface area contributed by atoms with Crippen molar-refractivity contribution < 1.29 is 9.90 Å². The number of nitrogens with one attached hydrogen (secondary N) is 1. The van der Waals surface area contributed by atoms with Crippen molar-refractivity contribution in [3.63, 3.8) is 0 Å². The Bertz CT molecular complexity index is 479. The number of nitrogens with two attached hydrogens (primary N) is 1. The molecule has 0 aliphatic heterocycles. The van der Waals surface area contributed by atoms with Crippen LogP contribution < -0.4 is 11.1 Å². The summed E-state index contributed by atoms with van der Waals surface area (Å²) in [5.74, 6) is -0.174. The number of carbonyl (C=O) groups is 1. The van der Waals surface area contributed by atoms with Gasteiger partial charge in [-0.2, -0.15) is 0 Å². The zero-order valence-corrected chi connectivity index (χ0v) is 11.6. The molecule has 1 saturated carbocycles. The minimum Gasteiger partial charge on any atom is -0.478 e. The second-order valence-corrected chi connectivity index (χ2v) is 6.08. The Hall–Kier alpha value is -1.71. The number of nitrogen functional groups attached to an aromatic ring is 1. The number of hydrogen-bond donors (Lipinski definition) is 3. The van der Waals surface area contributed by atoms with Crippen molar-refractivity contribution in [3.05, 3.63) is 23.8 Å². The molecular formula is C15H22N2O2. The van der Waals surface area contributed by atoms with Crippen LogP contribution in [0.5, 0.6) is 0 Å². The fourth-order valence-electron chi connectivity index (χ4n) is 2.51. The van der Waals surface area contributed by atoms with E-state index in [2.05, 4.69) is 19.2 Å². The van der Waals surface area contributed by atoms with Gasteiger partial charge >= 0.3 is 5.97 Å². The van der Waals surface area contributed by atoms with Crippen molar-refractivity contribution in [1.29, 1.82) is 0 Å². The minimum absolute atomic E-state index is 0.223. The summed E-state index contributed by atoms with van der Waals surface area (Å²) in [6, 6.07) is 4.83. The van der Waals surface area contributed by atoms with Gasteiger partial charge in [-0.15, -0.1) is 0 Å². The number of carboxylic acid groups (broad SMARTS) is 1. The van der Waals surface area contributed by atoms with Gasteiger partial charge in [-0.1, -0.05) is 20.3 Å². The number of benzene rings is 1. The molecule has 2 rings (SSSR count). The third-order valence-corrected chi connectivity index (χ3v) is 4.24. The number of aromatic carboxylic acids is 1. The van der Waals surface area contributed by atoms with E-state index in [4.69, 9.17) is 10.8 Å². The molecule has 4 nitrogen and oxygen atoms in total. The van der Waals surface area contributed by atoms with Crippen LogP contribution in [0.25, 0.3) is 0 Å². The normalized spacial score (nSPS) is 15.9. The van der Waals surface area contributed by atoms with Gasteiger partial charge < -0.3 is 16.2 Å². The molecule has 0 aromatic heterocycles. The third kappa shape index (κ3) is 3.00. The van der Waals surface area contributed by atoms with Crippen molar-refractivity contribution in [2.75, 3.05) is 17.6 Å². The monoisotopic (exact) mass is 262 g/mol. The van der Waals surface area contributed by atoms with Crippen LogP contribution in [-0.2, 0) is 0 Å². The first-order valence-corrected chi connectivity index (χ1v) is 6.77. The molecule has 19 heavy (non-hydrogen) atoms. The Labute approximate surface area is 114 Å². The van der Waals surface area contributed by atoms with Crippen molar-refractivity contribution in [3.8, 4) is 0 Å². The van der Waals surface area contributed by atoms with Crippen LogP contribution in [0.15, 0.2) is 18.2 Å². The Balaban J connectivity index is 2.01. The van der Waals surface area contributed by atoms with Crippen LogP contribution in [0.4, 0.5) is 11.4 Å². The van der Waals surface area contributed by atoms with E-state index in [0.29, 0.717) is 5.69 Å². The summed E-state index contributed by atoms with van der Waals surface area (Å²) in [5.41, 5.74) is 7.66. The lowest BCUT2D eigenvalue weighted by atomic mass is 9.67. The molecule has 1 aromatic carbocycles. The van der Waals surface area contributed by atoms with E-state index in [9.17, 15) is 4.79 Å². The van der Waals surface area contributed by atoms with Crippen molar-refractivity contribution >= 4 is 17.3 Å². The maximum Gasteiger partial charge on any atom is 0.335 e. The van der Waals surface area contributed by atoms with Crippen LogP contribution in [0.3, 0.4) is 0 Å². The highest BCUT2D eigenvalue weighted by Crippen LogP contribution is 2.41. The predicted molar refractivity (Wildman–Crippen MR) is 77.4 cm³/mol. The van der Waals surface area contributed by atoms with Crippen molar-refractivity contribution in [2.24, 2.45) is 11.3 Å². The molecule has 0 bridgehead atoms. The molecule has 104 valence electrons. The van der Waals surface area contributed by atoms with Gasteiger partial charge in [0, 0.05) is 6.54 Å². The second kappa shape index (κ2) is 5.11. The highest BCUT2D eigenvalue weighted by atomic mass is 16.4. The molecule has 0 radical (unpaired) electrons. The van der Waals surface area contributed by atoms with Crippen LogP contribution in [0.1, 0.15) is 43.5 Å². The van der Waals surface area contributed by atoms with Crippen LogP contribution >= 0.6 is 0 Å². The van der Waals surface area contributed by atoms with Gasteiger partial charge in [0.15, 0.2) is 0 Å². The zero-order valence-electron chi connectivity index (χ0n) is 11.6. The SMILES string of the molecule is CC(C)(CNc1ccc(C(=O)O)cc1N)C1CCC1. The summed E-state index contributed by atoms with van der Waals surface area (Å²) >= 11 is 0. The first-order valence-electron chi connectivity index (χ1n) is 6.77. The fraction of sp³-hybridized carbons (Fsp3) is 0.533. The van der Waals surface area contributed by atoms with Crippen LogP contribution in [0.2, 0.25) is 0 Å². The molecule has 1 aromatic rings. The summed E-state index contributed by atoms with van der Waals surface area (Å²) in [4.78, 5) is 10.8. The lowest BCUT2D eigenvalue weighted by molar-refractivity contribution is 0.0697. The van der Waals surface area contributed by atoms with E-state index in [-0.39, 0.29) is 11.0 Å². The molecule has 0 unspecified atom stereocenters. The first kappa shape index (κ1) is 13.7. The second-order valence-electron chi connectivity index (χ2n) is 6.08. The summed E-state index contributed by atoms with van der Waals surface area (Å²) in [6.07, 6.45) is 3.95. The summed E-state index contributed by atoms with van der Waals surface area (Å²) in [7, 11) is 0. The number of rotatable bonds is 5. The molecular weight excluding hydrogens is 240 g/mol. The number of hydrogen-bond acceptors (Lipinski definition) is 3. The molecule has 0 amide bonds. The highest BCUT2D eigenvalue weighted by molar-refractivity contribution is 5.90. The van der Waals surface area contributed by atoms with Gasteiger partial charge in [0.25, 0.3) is 0 Å². The van der Waals surface area contributed by atoms with Gasteiger partial charge in [-0.25, -0.2) is 4.79 Å². The van der Waals surface area contributed by atoms with Crippen LogP contribution in [-0.4, -0.2) is 17.6 Å². The van der Waals surface area contributed by atoms with Crippen molar-refractivity contribution in [2.45, 2.75) is 33.1 Å². The van der Waals surface area contributed by atoms with Crippen molar-refractivity contribution in [1.82, 2.24) is 0 Å². The molecule has 0 atom stereocenters. The van der Waals surface area contributed by atoms with E-state index in [1.54, 1.807) is 12.1 Å². The predicted octanol–water partition coefficient (Wildman–Crippen LogP) is 3.21. The van der Waals surface area contributed by atoms with E-state index < -0.39 is 5.97 Å². The smallest absolute Gasteiger partial charge is 0.335 e. The van der Waals surface area contributed by atoms with Gasteiger partial charge in [-0.3, -0.25) is 0 Å². The average Bonchev–Trinajstić information content (AvgIpc) is 2.24. The number of carboxylic acids is 1. The molecule has 1 aliphatic rings.